The van der Waals surface area contributed by atoms with E-state index >= 15 is 0 Å². The number of anilines is 1. The highest BCUT2D eigenvalue weighted by Crippen LogP contribution is 2.22. The van der Waals surface area contributed by atoms with Gasteiger partial charge in [-0.1, -0.05) is 66.2 Å². The zero-order chi connectivity index (χ0) is 23.0. The van der Waals surface area contributed by atoms with E-state index in [9.17, 15) is 9.59 Å². The number of hydrazone groups is 1. The van der Waals surface area contributed by atoms with Gasteiger partial charge in [0.15, 0.2) is 0 Å². The highest BCUT2D eigenvalue weighted by Gasteiger charge is 2.14. The third kappa shape index (κ3) is 5.83. The van der Waals surface area contributed by atoms with Crippen LogP contribution in [0.1, 0.15) is 16.7 Å². The largest absolute Gasteiger partial charge is 0.489 e. The maximum atomic E-state index is 12.2. The number of rotatable bonds is 6. The summed E-state index contributed by atoms with van der Waals surface area (Å²) in [6, 6.07) is 28.6. The van der Waals surface area contributed by atoms with Crippen LogP contribution in [0.2, 0.25) is 0 Å². The molecular formula is C27H23N3O3. The van der Waals surface area contributed by atoms with Gasteiger partial charge in [0.25, 0.3) is 0 Å². The third-order valence-corrected chi connectivity index (χ3v) is 5.03. The Bertz CT molecular complexity index is 1290. The lowest BCUT2D eigenvalue weighted by molar-refractivity contribution is -0.136. The van der Waals surface area contributed by atoms with Crippen molar-refractivity contribution in [3.8, 4) is 5.75 Å². The number of nitrogens with zero attached hydrogens (tertiary/aromatic N) is 1. The number of ether oxygens (including phenoxy) is 1. The number of carbonyl (C=O) groups is 2. The smallest absolute Gasteiger partial charge is 0.329 e. The zero-order valence-electron chi connectivity index (χ0n) is 18.1. The second-order valence-electron chi connectivity index (χ2n) is 7.52. The van der Waals surface area contributed by atoms with E-state index in [1.54, 1.807) is 6.07 Å². The molecular weight excluding hydrogens is 414 g/mol. The molecule has 0 aliphatic heterocycles. The Hall–Kier alpha value is -4.45. The fourth-order valence-corrected chi connectivity index (χ4v) is 3.23. The van der Waals surface area contributed by atoms with Crippen LogP contribution in [0.5, 0.6) is 5.75 Å². The second kappa shape index (κ2) is 10.2. The molecule has 4 rings (SSSR count). The molecule has 0 fully saturated rings. The Morgan fingerprint density at radius 2 is 1.58 bits per heavy atom. The van der Waals surface area contributed by atoms with Crippen molar-refractivity contribution in [2.45, 2.75) is 13.5 Å². The van der Waals surface area contributed by atoms with Crippen molar-refractivity contribution in [3.63, 3.8) is 0 Å². The number of amides is 2. The molecule has 6 heteroatoms. The summed E-state index contributed by atoms with van der Waals surface area (Å²) in [6.07, 6.45) is 1.47. The van der Waals surface area contributed by atoms with Gasteiger partial charge in [-0.2, -0.15) is 5.10 Å². The van der Waals surface area contributed by atoms with Crippen LogP contribution < -0.4 is 15.5 Å². The van der Waals surface area contributed by atoms with Gasteiger partial charge in [0, 0.05) is 11.1 Å². The Labute approximate surface area is 191 Å². The van der Waals surface area contributed by atoms with Crippen LogP contribution in [0.25, 0.3) is 10.8 Å². The highest BCUT2D eigenvalue weighted by molar-refractivity contribution is 6.40. The fourth-order valence-electron chi connectivity index (χ4n) is 3.23. The summed E-state index contributed by atoms with van der Waals surface area (Å²) in [6.45, 7) is 2.53. The summed E-state index contributed by atoms with van der Waals surface area (Å²) < 4.78 is 5.78. The van der Waals surface area contributed by atoms with Crippen molar-refractivity contribution in [2.75, 3.05) is 5.32 Å². The van der Waals surface area contributed by atoms with Gasteiger partial charge in [-0.05, 0) is 53.8 Å². The number of benzene rings is 4. The summed E-state index contributed by atoms with van der Waals surface area (Å²) in [4.78, 5) is 24.3. The number of hydrogen-bond acceptors (Lipinski definition) is 4. The predicted octanol–water partition coefficient (Wildman–Crippen LogP) is 4.82. The van der Waals surface area contributed by atoms with E-state index in [1.165, 1.54) is 11.8 Å². The standard InChI is InChI=1S/C27H23N3O3/c1-19-9-11-21(12-10-19)18-33-23-15-13-20(14-16-23)17-28-30-27(32)26(31)29-25-8-4-6-22-5-2-3-7-24(22)25/h2-17H,18H2,1H3,(H,29,31)(H,30,32)/b28-17-. The molecule has 33 heavy (non-hydrogen) atoms. The SMILES string of the molecule is Cc1ccc(COc2ccc(/C=N\NC(=O)C(=O)Nc3cccc4ccccc34)cc2)cc1. The van der Waals surface area contributed by atoms with Crippen LogP contribution in [0.4, 0.5) is 5.69 Å². The van der Waals surface area contributed by atoms with Crippen LogP contribution in [0.15, 0.2) is 96.1 Å². The zero-order valence-corrected chi connectivity index (χ0v) is 18.1. The van der Waals surface area contributed by atoms with E-state index in [1.807, 2.05) is 79.7 Å². The molecule has 2 N–H and O–H groups in total. The quantitative estimate of drug-likeness (QED) is 0.258. The summed E-state index contributed by atoms with van der Waals surface area (Å²) in [7, 11) is 0. The summed E-state index contributed by atoms with van der Waals surface area (Å²) in [5.74, 6) is -0.910. The van der Waals surface area contributed by atoms with Gasteiger partial charge in [-0.3, -0.25) is 9.59 Å². The molecule has 4 aromatic rings. The first-order valence-corrected chi connectivity index (χ1v) is 10.5. The molecule has 0 saturated carbocycles. The summed E-state index contributed by atoms with van der Waals surface area (Å²) in [5.41, 5.74) is 5.88. The molecule has 0 aliphatic rings. The van der Waals surface area contributed by atoms with Crippen molar-refractivity contribution in [3.05, 3.63) is 108 Å². The van der Waals surface area contributed by atoms with Crippen molar-refractivity contribution < 1.29 is 14.3 Å². The Morgan fingerprint density at radius 1 is 0.848 bits per heavy atom. The van der Waals surface area contributed by atoms with Crippen LogP contribution >= 0.6 is 0 Å². The molecule has 4 aromatic carbocycles. The van der Waals surface area contributed by atoms with Crippen molar-refractivity contribution >= 4 is 34.5 Å². The Balaban J connectivity index is 1.28. The van der Waals surface area contributed by atoms with Gasteiger partial charge in [0.1, 0.15) is 12.4 Å². The van der Waals surface area contributed by atoms with Crippen molar-refractivity contribution in [1.82, 2.24) is 5.43 Å². The first-order chi connectivity index (χ1) is 16.1. The van der Waals surface area contributed by atoms with Gasteiger partial charge >= 0.3 is 11.8 Å². The van der Waals surface area contributed by atoms with Crippen LogP contribution in [-0.4, -0.2) is 18.0 Å². The topological polar surface area (TPSA) is 79.8 Å². The van der Waals surface area contributed by atoms with Gasteiger partial charge < -0.3 is 10.1 Å². The van der Waals surface area contributed by atoms with Crippen molar-refractivity contribution in [2.24, 2.45) is 5.10 Å². The molecule has 0 unspecified atom stereocenters. The van der Waals surface area contributed by atoms with E-state index in [4.69, 9.17) is 4.74 Å². The number of hydrogen-bond donors (Lipinski definition) is 2. The van der Waals surface area contributed by atoms with Crippen LogP contribution in [0, 0.1) is 6.92 Å². The number of aryl methyl sites for hydroxylation is 1. The van der Waals surface area contributed by atoms with Gasteiger partial charge in [-0.25, -0.2) is 5.43 Å². The molecule has 0 spiro atoms. The van der Waals surface area contributed by atoms with Crippen molar-refractivity contribution in [1.29, 1.82) is 0 Å². The fraction of sp³-hybridized carbons (Fsp3) is 0.0741. The van der Waals surface area contributed by atoms with E-state index in [0.717, 1.165) is 27.6 Å². The molecule has 164 valence electrons. The van der Waals surface area contributed by atoms with Crippen LogP contribution in [0.3, 0.4) is 0 Å². The Morgan fingerprint density at radius 3 is 2.36 bits per heavy atom. The maximum absolute atomic E-state index is 12.2. The van der Waals surface area contributed by atoms with Gasteiger partial charge in [0.05, 0.1) is 6.21 Å². The molecule has 0 saturated heterocycles. The Kier molecular flexibility index (Phi) is 6.75. The summed E-state index contributed by atoms with van der Waals surface area (Å²) >= 11 is 0. The van der Waals surface area contributed by atoms with Gasteiger partial charge in [-0.15, -0.1) is 0 Å². The molecule has 0 radical (unpaired) electrons. The lowest BCUT2D eigenvalue weighted by Crippen LogP contribution is -2.32. The van der Waals surface area contributed by atoms with E-state index in [2.05, 4.69) is 28.0 Å². The lowest BCUT2D eigenvalue weighted by atomic mass is 10.1. The molecule has 6 nitrogen and oxygen atoms in total. The number of fused-ring (bicyclic) bond motifs is 1. The van der Waals surface area contributed by atoms with E-state index in [-0.39, 0.29) is 0 Å². The van der Waals surface area contributed by atoms with Crippen LogP contribution in [-0.2, 0) is 16.2 Å². The first-order valence-electron chi connectivity index (χ1n) is 10.5. The lowest BCUT2D eigenvalue weighted by Gasteiger charge is -2.08. The average Bonchev–Trinajstić information content (AvgIpc) is 2.84. The second-order valence-corrected chi connectivity index (χ2v) is 7.52. The highest BCUT2D eigenvalue weighted by atomic mass is 16.5. The maximum Gasteiger partial charge on any atom is 0.329 e. The third-order valence-electron chi connectivity index (χ3n) is 5.03. The first kappa shape index (κ1) is 21.8. The summed E-state index contributed by atoms with van der Waals surface area (Å²) in [5, 5.41) is 8.33. The number of carbonyl (C=O) groups excluding carboxylic acids is 2. The number of nitrogens with one attached hydrogen (secondary N) is 2. The molecule has 0 aromatic heterocycles. The molecule has 0 bridgehead atoms. The minimum atomic E-state index is -0.850. The monoisotopic (exact) mass is 437 g/mol. The minimum absolute atomic E-state index is 0.482. The van der Waals surface area contributed by atoms with Gasteiger partial charge in [0.2, 0.25) is 0 Å². The van der Waals surface area contributed by atoms with E-state index in [0.29, 0.717) is 12.3 Å². The van der Waals surface area contributed by atoms with E-state index < -0.39 is 11.8 Å². The molecule has 0 atom stereocenters. The predicted molar refractivity (Wildman–Crippen MR) is 130 cm³/mol. The average molecular weight is 437 g/mol. The molecule has 0 aliphatic carbocycles. The minimum Gasteiger partial charge on any atom is -0.489 e. The normalized spacial score (nSPS) is 10.8. The molecule has 0 heterocycles. The molecule has 2 amide bonds.